The fraction of sp³-hybridized carbons (Fsp3) is 0.227. The first kappa shape index (κ1) is 21.3. The summed E-state index contributed by atoms with van der Waals surface area (Å²) in [6.45, 7) is 1.21. The summed E-state index contributed by atoms with van der Waals surface area (Å²) in [6.07, 6.45) is 3.80. The topological polar surface area (TPSA) is 132 Å². The number of hydrogen-bond acceptors (Lipinski definition) is 7. The van der Waals surface area contributed by atoms with Crippen molar-refractivity contribution in [3.63, 3.8) is 0 Å². The molecule has 0 saturated carbocycles. The number of amides is 1. The molecule has 7 nitrogen and oxygen atoms in total. The second-order valence-electron chi connectivity index (χ2n) is 7.00. The van der Waals surface area contributed by atoms with Crippen molar-refractivity contribution >= 4 is 23.4 Å². The fourth-order valence-electron chi connectivity index (χ4n) is 3.33. The number of rotatable bonds is 7. The van der Waals surface area contributed by atoms with E-state index in [-0.39, 0.29) is 23.1 Å². The Kier molecular flexibility index (Phi) is 6.99. The highest BCUT2D eigenvalue weighted by Crippen LogP contribution is 2.27. The molecule has 0 bridgehead atoms. The minimum absolute atomic E-state index is 0.0308. The number of nitriles is 1. The Morgan fingerprint density at radius 3 is 2.43 bits per heavy atom. The SMILES string of the molecule is N#CN1CCCC(N/C(N)=C(\C(=N)c2ccc(Sc3ccccc3)cc2)C(N)=O)C1. The molecule has 8 heteroatoms. The number of nitrogens with two attached hydrogens (primary N) is 2. The lowest BCUT2D eigenvalue weighted by Gasteiger charge is -2.30. The van der Waals surface area contributed by atoms with Gasteiger partial charge in [-0.1, -0.05) is 42.1 Å². The molecule has 1 fully saturated rings. The molecule has 30 heavy (non-hydrogen) atoms. The molecule has 0 aromatic heterocycles. The van der Waals surface area contributed by atoms with Crippen molar-refractivity contribution in [3.8, 4) is 6.19 Å². The van der Waals surface area contributed by atoms with E-state index in [0.717, 1.165) is 22.6 Å². The number of hydrogen-bond donors (Lipinski definition) is 4. The third-order valence-corrected chi connectivity index (χ3v) is 5.83. The largest absolute Gasteiger partial charge is 0.385 e. The number of piperidine rings is 1. The fourth-order valence-corrected chi connectivity index (χ4v) is 4.16. The third kappa shape index (κ3) is 5.33. The summed E-state index contributed by atoms with van der Waals surface area (Å²) in [5.74, 6) is -0.694. The summed E-state index contributed by atoms with van der Waals surface area (Å²) >= 11 is 1.61. The normalized spacial score (nSPS) is 16.9. The predicted octanol–water partition coefficient (Wildman–Crippen LogP) is 2.40. The van der Waals surface area contributed by atoms with Crippen LogP contribution in [0.1, 0.15) is 18.4 Å². The molecule has 1 aliphatic rings. The summed E-state index contributed by atoms with van der Waals surface area (Å²) < 4.78 is 0. The Hall–Kier alpha value is -3.44. The number of carbonyl (C=O) groups is 1. The van der Waals surface area contributed by atoms with Crippen LogP contribution in [0.25, 0.3) is 0 Å². The van der Waals surface area contributed by atoms with E-state index in [9.17, 15) is 4.79 Å². The quantitative estimate of drug-likeness (QED) is 0.309. The van der Waals surface area contributed by atoms with Gasteiger partial charge in [0.25, 0.3) is 5.91 Å². The molecule has 1 unspecified atom stereocenters. The van der Waals surface area contributed by atoms with Gasteiger partial charge < -0.3 is 21.7 Å². The Labute approximate surface area is 180 Å². The molecule has 2 aromatic rings. The number of benzene rings is 2. The maximum atomic E-state index is 12.1. The average molecular weight is 421 g/mol. The molecule has 6 N–H and O–H groups in total. The van der Waals surface area contributed by atoms with E-state index < -0.39 is 5.91 Å². The van der Waals surface area contributed by atoms with Gasteiger partial charge >= 0.3 is 0 Å². The lowest BCUT2D eigenvalue weighted by atomic mass is 10.0. The van der Waals surface area contributed by atoms with Crippen LogP contribution in [0.5, 0.6) is 0 Å². The number of primary amides is 1. The Bertz CT molecular complexity index is 981. The molecular formula is C22H24N6OS. The van der Waals surface area contributed by atoms with E-state index in [1.54, 1.807) is 28.8 Å². The molecule has 0 spiro atoms. The highest BCUT2D eigenvalue weighted by molar-refractivity contribution is 7.99. The van der Waals surface area contributed by atoms with Gasteiger partial charge in [-0.2, -0.15) is 5.26 Å². The van der Waals surface area contributed by atoms with Crippen molar-refractivity contribution in [1.29, 1.82) is 10.7 Å². The minimum atomic E-state index is -0.763. The van der Waals surface area contributed by atoms with Gasteiger partial charge in [0.1, 0.15) is 11.4 Å². The highest BCUT2D eigenvalue weighted by atomic mass is 32.2. The van der Waals surface area contributed by atoms with Gasteiger partial charge in [-0.3, -0.25) is 10.2 Å². The van der Waals surface area contributed by atoms with Gasteiger partial charge in [0.15, 0.2) is 6.19 Å². The van der Waals surface area contributed by atoms with E-state index in [4.69, 9.17) is 22.1 Å². The van der Waals surface area contributed by atoms with Gasteiger partial charge in [0.05, 0.1) is 5.71 Å². The maximum absolute atomic E-state index is 12.1. The van der Waals surface area contributed by atoms with Gasteiger partial charge in [-0.15, -0.1) is 0 Å². The Morgan fingerprint density at radius 1 is 1.13 bits per heavy atom. The van der Waals surface area contributed by atoms with Crippen LogP contribution in [0.4, 0.5) is 0 Å². The zero-order chi connectivity index (χ0) is 21.5. The van der Waals surface area contributed by atoms with Gasteiger partial charge in [0, 0.05) is 34.5 Å². The van der Waals surface area contributed by atoms with Crippen LogP contribution in [0, 0.1) is 16.9 Å². The van der Waals surface area contributed by atoms with E-state index in [0.29, 0.717) is 18.7 Å². The van der Waals surface area contributed by atoms with Crippen molar-refractivity contribution in [3.05, 3.63) is 71.6 Å². The molecule has 1 saturated heterocycles. The first-order valence-corrected chi connectivity index (χ1v) is 10.4. The molecule has 1 heterocycles. The molecule has 1 atom stereocenters. The van der Waals surface area contributed by atoms with E-state index in [2.05, 4.69) is 11.5 Å². The van der Waals surface area contributed by atoms with Crippen molar-refractivity contribution in [2.24, 2.45) is 11.5 Å². The Balaban J connectivity index is 1.75. The standard InChI is InChI=1S/C22H24N6OS/c23-14-28-12-4-5-16(13-28)27-21(25)19(22(26)29)20(24)15-8-10-18(11-9-15)30-17-6-2-1-3-7-17/h1-3,6-11,16,24,27H,4-5,12-13,25H2,(H2,26,29)/b21-19+,24-20?. The van der Waals surface area contributed by atoms with Crippen molar-refractivity contribution in [1.82, 2.24) is 10.2 Å². The van der Waals surface area contributed by atoms with E-state index >= 15 is 0 Å². The van der Waals surface area contributed by atoms with Crippen LogP contribution in [-0.4, -0.2) is 35.7 Å². The monoisotopic (exact) mass is 420 g/mol. The molecular weight excluding hydrogens is 396 g/mol. The number of nitrogens with zero attached hydrogens (tertiary/aromatic N) is 2. The summed E-state index contributed by atoms with van der Waals surface area (Å²) in [7, 11) is 0. The van der Waals surface area contributed by atoms with Crippen LogP contribution in [0.3, 0.4) is 0 Å². The molecule has 3 rings (SSSR count). The van der Waals surface area contributed by atoms with Crippen LogP contribution >= 0.6 is 11.8 Å². The third-order valence-electron chi connectivity index (χ3n) is 4.81. The lowest BCUT2D eigenvalue weighted by Crippen LogP contribution is -2.46. The summed E-state index contributed by atoms with van der Waals surface area (Å²) in [4.78, 5) is 15.8. The molecule has 0 aliphatic carbocycles. The predicted molar refractivity (Wildman–Crippen MR) is 118 cm³/mol. The molecule has 2 aromatic carbocycles. The average Bonchev–Trinajstić information content (AvgIpc) is 2.75. The van der Waals surface area contributed by atoms with Crippen LogP contribution < -0.4 is 16.8 Å². The number of likely N-dealkylation sites (tertiary alicyclic amines) is 1. The van der Waals surface area contributed by atoms with Gasteiger partial charge in [0.2, 0.25) is 0 Å². The van der Waals surface area contributed by atoms with Gasteiger partial charge in [-0.05, 0) is 37.1 Å². The summed E-state index contributed by atoms with van der Waals surface area (Å²) in [5, 5.41) is 20.7. The minimum Gasteiger partial charge on any atom is -0.385 e. The van der Waals surface area contributed by atoms with E-state index in [1.807, 2.05) is 42.5 Å². The zero-order valence-electron chi connectivity index (χ0n) is 16.5. The number of carbonyl (C=O) groups excluding carboxylic acids is 1. The van der Waals surface area contributed by atoms with Crippen molar-refractivity contribution in [2.45, 2.75) is 28.7 Å². The highest BCUT2D eigenvalue weighted by Gasteiger charge is 2.23. The molecule has 1 amide bonds. The second-order valence-corrected chi connectivity index (χ2v) is 8.14. The van der Waals surface area contributed by atoms with Crippen LogP contribution in [-0.2, 0) is 4.79 Å². The van der Waals surface area contributed by atoms with Crippen LogP contribution in [0.15, 0.2) is 75.8 Å². The smallest absolute Gasteiger partial charge is 0.254 e. The maximum Gasteiger partial charge on any atom is 0.254 e. The first-order chi connectivity index (χ1) is 14.5. The Morgan fingerprint density at radius 2 is 1.80 bits per heavy atom. The summed E-state index contributed by atoms with van der Waals surface area (Å²) in [5.41, 5.74) is 12.1. The number of nitrogens with one attached hydrogen (secondary N) is 2. The van der Waals surface area contributed by atoms with Crippen LogP contribution in [0.2, 0.25) is 0 Å². The zero-order valence-corrected chi connectivity index (χ0v) is 17.3. The summed E-state index contributed by atoms with van der Waals surface area (Å²) in [6, 6.07) is 17.3. The van der Waals surface area contributed by atoms with Crippen molar-refractivity contribution in [2.75, 3.05) is 13.1 Å². The molecule has 154 valence electrons. The second kappa shape index (κ2) is 9.85. The van der Waals surface area contributed by atoms with E-state index in [1.165, 1.54) is 0 Å². The molecule has 1 aliphatic heterocycles. The van der Waals surface area contributed by atoms with Gasteiger partial charge in [-0.25, -0.2) is 0 Å². The van der Waals surface area contributed by atoms with Crippen molar-refractivity contribution < 1.29 is 4.79 Å². The molecule has 0 radical (unpaired) electrons. The lowest BCUT2D eigenvalue weighted by molar-refractivity contribution is -0.114. The first-order valence-electron chi connectivity index (χ1n) is 9.61.